The molecular weight excluding hydrogens is 212 g/mol. The molecule has 4 heteroatoms. The van der Waals surface area contributed by atoms with Crippen LogP contribution in [0.5, 0.6) is 0 Å². The Labute approximate surface area is 105 Å². The number of rotatable bonds is 2. The number of nitrogens with zero attached hydrogens (tertiary/aromatic N) is 1. The summed E-state index contributed by atoms with van der Waals surface area (Å²) >= 11 is 0. The van der Waals surface area contributed by atoms with Crippen LogP contribution in [0, 0.1) is 0 Å². The first-order chi connectivity index (χ1) is 8.11. The Bertz CT molecular complexity index is 299. The van der Waals surface area contributed by atoms with Gasteiger partial charge in [0.2, 0.25) is 0 Å². The topological polar surface area (TPSA) is 67.3 Å². The van der Waals surface area contributed by atoms with Crippen LogP contribution in [0.15, 0.2) is 23.7 Å². The molecule has 0 radical (unpaired) electrons. The molecule has 1 heterocycles. The molecular formula is C13H26N4. The average Bonchev–Trinajstić information content (AvgIpc) is 3.08. The molecule has 0 aromatic rings. The first kappa shape index (κ1) is 13.9. The van der Waals surface area contributed by atoms with Crippen molar-refractivity contribution < 1.29 is 0 Å². The highest BCUT2D eigenvalue weighted by Gasteiger charge is 2.45. The smallest absolute Gasteiger partial charge is 0.0988 e. The Kier molecular flexibility index (Phi) is 4.87. The van der Waals surface area contributed by atoms with Gasteiger partial charge in [-0.15, -0.1) is 0 Å². The van der Waals surface area contributed by atoms with Crippen LogP contribution in [0.4, 0.5) is 0 Å². The minimum absolute atomic E-state index is 0.373. The molecule has 0 amide bonds. The summed E-state index contributed by atoms with van der Waals surface area (Å²) in [5.74, 6) is 0.826. The summed E-state index contributed by atoms with van der Waals surface area (Å²) < 4.78 is 0. The maximum absolute atomic E-state index is 6.00. The highest BCUT2D eigenvalue weighted by Crippen LogP contribution is 2.37. The van der Waals surface area contributed by atoms with E-state index in [-0.39, 0.29) is 0 Å². The van der Waals surface area contributed by atoms with Crippen molar-refractivity contribution in [2.45, 2.75) is 39.2 Å². The molecule has 0 atom stereocenters. The van der Waals surface area contributed by atoms with Gasteiger partial charge in [0.25, 0.3) is 0 Å². The number of allylic oxidation sites excluding steroid dienone is 3. The molecule has 2 fully saturated rings. The second-order valence-corrected chi connectivity index (χ2v) is 4.63. The van der Waals surface area contributed by atoms with Crippen molar-refractivity contribution in [2.24, 2.45) is 11.5 Å². The second kappa shape index (κ2) is 5.96. The average molecular weight is 238 g/mol. The van der Waals surface area contributed by atoms with Crippen LogP contribution in [-0.2, 0) is 0 Å². The van der Waals surface area contributed by atoms with Crippen molar-refractivity contribution in [1.29, 1.82) is 0 Å². The molecule has 1 aliphatic heterocycles. The van der Waals surface area contributed by atoms with E-state index in [4.69, 9.17) is 11.5 Å². The first-order valence-electron chi connectivity index (χ1n) is 6.51. The highest BCUT2D eigenvalue weighted by atomic mass is 15.3. The predicted molar refractivity (Wildman–Crippen MR) is 73.1 cm³/mol. The van der Waals surface area contributed by atoms with E-state index >= 15 is 0 Å². The van der Waals surface area contributed by atoms with E-state index in [2.05, 4.69) is 10.2 Å². The van der Waals surface area contributed by atoms with Gasteiger partial charge in [-0.25, -0.2) is 0 Å². The Hall–Kier alpha value is -1.16. The lowest BCUT2D eigenvalue weighted by molar-refractivity contribution is 0.232. The molecule has 1 spiro atoms. The van der Waals surface area contributed by atoms with Gasteiger partial charge in [0.05, 0.1) is 5.82 Å². The monoisotopic (exact) mass is 238 g/mol. The van der Waals surface area contributed by atoms with Gasteiger partial charge in [0.1, 0.15) is 0 Å². The van der Waals surface area contributed by atoms with Crippen molar-refractivity contribution in [3.8, 4) is 0 Å². The van der Waals surface area contributed by atoms with E-state index in [9.17, 15) is 0 Å². The molecule has 2 aliphatic rings. The van der Waals surface area contributed by atoms with Gasteiger partial charge >= 0.3 is 0 Å². The zero-order chi connectivity index (χ0) is 12.9. The summed E-state index contributed by atoms with van der Waals surface area (Å²) in [5, 5.41) is 3.55. The zero-order valence-corrected chi connectivity index (χ0v) is 11.3. The molecule has 0 aromatic heterocycles. The van der Waals surface area contributed by atoms with Crippen LogP contribution in [0.1, 0.15) is 33.6 Å². The molecule has 5 N–H and O–H groups in total. The third kappa shape index (κ3) is 3.97. The SMILES string of the molecule is C/C(N)=C/C=C(\N)N1CCNC2(CC2)C1.CC. The third-order valence-corrected chi connectivity index (χ3v) is 3.11. The van der Waals surface area contributed by atoms with Crippen LogP contribution < -0.4 is 16.8 Å². The summed E-state index contributed by atoms with van der Waals surface area (Å²) in [6.45, 7) is 8.91. The maximum atomic E-state index is 6.00. The highest BCUT2D eigenvalue weighted by molar-refractivity contribution is 5.16. The lowest BCUT2D eigenvalue weighted by Crippen LogP contribution is -2.52. The van der Waals surface area contributed by atoms with E-state index in [1.807, 2.05) is 32.9 Å². The zero-order valence-electron chi connectivity index (χ0n) is 11.3. The van der Waals surface area contributed by atoms with E-state index < -0.39 is 0 Å². The van der Waals surface area contributed by atoms with Gasteiger partial charge in [0, 0.05) is 30.9 Å². The molecule has 0 aromatic carbocycles. The minimum atomic E-state index is 0.373. The number of nitrogens with one attached hydrogen (secondary N) is 1. The van der Waals surface area contributed by atoms with Crippen molar-refractivity contribution in [3.05, 3.63) is 23.7 Å². The van der Waals surface area contributed by atoms with Crippen molar-refractivity contribution >= 4 is 0 Å². The largest absolute Gasteiger partial charge is 0.402 e. The van der Waals surface area contributed by atoms with E-state index in [0.29, 0.717) is 5.54 Å². The molecule has 1 saturated carbocycles. The molecule has 1 aliphatic carbocycles. The standard InChI is InChI=1S/C11H20N4.C2H6/c1-9(12)2-3-10(13)15-7-6-14-11(8-15)4-5-11;1-2/h2-3,14H,4-8,12-13H2,1H3;1-2H3/b9-2-,10-3+;. The number of hydrogen-bond acceptors (Lipinski definition) is 4. The maximum Gasteiger partial charge on any atom is 0.0988 e. The first-order valence-corrected chi connectivity index (χ1v) is 6.51. The molecule has 4 nitrogen and oxygen atoms in total. The predicted octanol–water partition coefficient (Wildman–Crippen LogP) is 1.11. The fourth-order valence-electron chi connectivity index (χ4n) is 1.98. The van der Waals surface area contributed by atoms with E-state index in [0.717, 1.165) is 31.2 Å². The lowest BCUT2D eigenvalue weighted by atomic mass is 10.2. The molecule has 98 valence electrons. The molecule has 0 bridgehead atoms. The summed E-state index contributed by atoms with van der Waals surface area (Å²) in [7, 11) is 0. The van der Waals surface area contributed by atoms with Crippen LogP contribution >= 0.6 is 0 Å². The summed E-state index contributed by atoms with van der Waals surface area (Å²) in [5.41, 5.74) is 12.7. The number of hydrogen-bond donors (Lipinski definition) is 3. The Morgan fingerprint density at radius 2 is 1.88 bits per heavy atom. The second-order valence-electron chi connectivity index (χ2n) is 4.63. The fraction of sp³-hybridized carbons (Fsp3) is 0.692. The van der Waals surface area contributed by atoms with Crippen molar-refractivity contribution in [1.82, 2.24) is 10.2 Å². The van der Waals surface area contributed by atoms with Gasteiger partial charge < -0.3 is 21.7 Å². The third-order valence-electron chi connectivity index (χ3n) is 3.11. The minimum Gasteiger partial charge on any atom is -0.402 e. The van der Waals surface area contributed by atoms with Gasteiger partial charge in [-0.1, -0.05) is 13.8 Å². The van der Waals surface area contributed by atoms with Crippen molar-refractivity contribution in [3.63, 3.8) is 0 Å². The molecule has 17 heavy (non-hydrogen) atoms. The lowest BCUT2D eigenvalue weighted by Gasteiger charge is -2.35. The summed E-state index contributed by atoms with van der Waals surface area (Å²) in [4.78, 5) is 2.24. The Balaban J connectivity index is 0.000000686. The van der Waals surface area contributed by atoms with Gasteiger partial charge in [0.15, 0.2) is 0 Å². The van der Waals surface area contributed by atoms with Gasteiger partial charge in [-0.2, -0.15) is 0 Å². The van der Waals surface area contributed by atoms with Crippen LogP contribution in [-0.4, -0.2) is 30.1 Å². The summed E-state index contributed by atoms with van der Waals surface area (Å²) in [6.07, 6.45) is 6.32. The van der Waals surface area contributed by atoms with Crippen molar-refractivity contribution in [2.75, 3.05) is 19.6 Å². The molecule has 2 rings (SSSR count). The fourth-order valence-corrected chi connectivity index (χ4v) is 1.98. The number of nitrogens with two attached hydrogens (primary N) is 2. The quantitative estimate of drug-likeness (QED) is 0.631. The van der Waals surface area contributed by atoms with Crippen LogP contribution in [0.25, 0.3) is 0 Å². The molecule has 0 unspecified atom stereocenters. The van der Waals surface area contributed by atoms with Crippen LogP contribution in [0.3, 0.4) is 0 Å². The number of piperazine rings is 1. The normalized spacial score (nSPS) is 23.1. The molecule has 1 saturated heterocycles. The summed E-state index contributed by atoms with van der Waals surface area (Å²) in [6, 6.07) is 0. The van der Waals surface area contributed by atoms with E-state index in [1.54, 1.807) is 0 Å². The Morgan fingerprint density at radius 1 is 1.24 bits per heavy atom. The van der Waals surface area contributed by atoms with Gasteiger partial charge in [-0.3, -0.25) is 0 Å². The Morgan fingerprint density at radius 3 is 2.41 bits per heavy atom. The van der Waals surface area contributed by atoms with Gasteiger partial charge in [-0.05, 0) is 31.9 Å². The van der Waals surface area contributed by atoms with Crippen LogP contribution in [0.2, 0.25) is 0 Å². The van der Waals surface area contributed by atoms with E-state index in [1.165, 1.54) is 12.8 Å².